The second-order valence-corrected chi connectivity index (χ2v) is 4.55. The molecule has 6 heteroatoms. The van der Waals surface area contributed by atoms with Crippen LogP contribution in [0.3, 0.4) is 0 Å². The predicted octanol–water partition coefficient (Wildman–Crippen LogP) is 0.582. The maximum atomic E-state index is 11.5. The van der Waals surface area contributed by atoms with Crippen molar-refractivity contribution in [3.05, 3.63) is 28.7 Å². The van der Waals surface area contributed by atoms with Gasteiger partial charge < -0.3 is 25.1 Å². The first-order chi connectivity index (χ1) is 8.69. The number of rotatable bonds is 2. The lowest BCUT2D eigenvalue weighted by molar-refractivity contribution is -0.0204. The third kappa shape index (κ3) is 1.70. The summed E-state index contributed by atoms with van der Waals surface area (Å²) < 4.78 is 7.56. The van der Waals surface area contributed by atoms with Gasteiger partial charge in [0.2, 0.25) is 0 Å². The van der Waals surface area contributed by atoms with E-state index in [9.17, 15) is 4.79 Å². The average Bonchev–Trinajstić information content (AvgIpc) is 2.93. The summed E-state index contributed by atoms with van der Waals surface area (Å²) in [5.74, 6) is 0. The fourth-order valence-corrected chi connectivity index (χ4v) is 2.45. The maximum absolute atomic E-state index is 11.5. The standard InChI is InChI=1S/C12H15N3O3/c13-9-5-10(17)14-12-8(9)3-4-15(12)11-2-1-7(6-16)18-11/h3-5,7,11,16H,1-2,6H2,(H3,13,14,17)/t7-,11+/m0/s1. The van der Waals surface area contributed by atoms with Gasteiger partial charge in [-0.05, 0) is 18.9 Å². The maximum Gasteiger partial charge on any atom is 0.251 e. The Morgan fingerprint density at radius 2 is 2.39 bits per heavy atom. The number of nitrogen functional groups attached to an aromatic ring is 1. The summed E-state index contributed by atoms with van der Waals surface area (Å²) in [4.78, 5) is 14.2. The van der Waals surface area contributed by atoms with Gasteiger partial charge in [0.15, 0.2) is 0 Å². The Balaban J connectivity index is 2.05. The first-order valence-corrected chi connectivity index (χ1v) is 5.94. The molecular formula is C12H15N3O3. The molecule has 0 radical (unpaired) electrons. The Hall–Kier alpha value is -1.79. The van der Waals surface area contributed by atoms with Gasteiger partial charge in [-0.3, -0.25) is 4.79 Å². The molecule has 0 bridgehead atoms. The third-order valence-electron chi connectivity index (χ3n) is 3.35. The van der Waals surface area contributed by atoms with Crippen LogP contribution < -0.4 is 11.3 Å². The molecule has 3 heterocycles. The summed E-state index contributed by atoms with van der Waals surface area (Å²) in [6, 6.07) is 3.23. The zero-order valence-electron chi connectivity index (χ0n) is 9.80. The number of aliphatic hydroxyl groups excluding tert-OH is 1. The van der Waals surface area contributed by atoms with Crippen molar-refractivity contribution >= 4 is 16.7 Å². The van der Waals surface area contributed by atoms with Crippen molar-refractivity contribution in [1.29, 1.82) is 0 Å². The molecule has 3 rings (SSSR count). The summed E-state index contributed by atoms with van der Waals surface area (Å²) in [5, 5.41) is 9.88. The summed E-state index contributed by atoms with van der Waals surface area (Å²) in [6.07, 6.45) is 3.19. The van der Waals surface area contributed by atoms with Crippen LogP contribution in [-0.4, -0.2) is 27.4 Å². The van der Waals surface area contributed by atoms with Gasteiger partial charge in [-0.1, -0.05) is 0 Å². The van der Waals surface area contributed by atoms with Crippen molar-refractivity contribution in [2.24, 2.45) is 0 Å². The lowest BCUT2D eigenvalue weighted by Crippen LogP contribution is -2.15. The topological polar surface area (TPSA) is 93.3 Å². The minimum Gasteiger partial charge on any atom is -0.398 e. The van der Waals surface area contributed by atoms with Crippen molar-refractivity contribution in [1.82, 2.24) is 9.55 Å². The number of pyridine rings is 1. The lowest BCUT2D eigenvalue weighted by atomic mass is 10.2. The number of aromatic amines is 1. The SMILES string of the molecule is Nc1cc(=O)[nH]c2c1ccn2[C@H]1CC[C@@H](CO)O1. The Morgan fingerprint density at radius 1 is 1.56 bits per heavy atom. The Kier molecular flexibility index (Phi) is 2.61. The fourth-order valence-electron chi connectivity index (χ4n) is 2.45. The highest BCUT2D eigenvalue weighted by Gasteiger charge is 2.26. The zero-order valence-corrected chi connectivity index (χ0v) is 9.80. The van der Waals surface area contributed by atoms with Crippen LogP contribution in [-0.2, 0) is 4.74 Å². The fraction of sp³-hybridized carbons (Fsp3) is 0.417. The van der Waals surface area contributed by atoms with Crippen molar-refractivity contribution in [3.8, 4) is 0 Å². The van der Waals surface area contributed by atoms with E-state index < -0.39 is 0 Å². The molecule has 96 valence electrons. The first kappa shape index (κ1) is 11.3. The van der Waals surface area contributed by atoms with Crippen LogP contribution >= 0.6 is 0 Å². The Bertz CT molecular complexity index is 631. The number of nitrogens with two attached hydrogens (primary N) is 1. The molecule has 4 N–H and O–H groups in total. The summed E-state index contributed by atoms with van der Waals surface area (Å²) >= 11 is 0. The number of aliphatic hydroxyl groups is 1. The molecule has 0 amide bonds. The van der Waals surface area contributed by atoms with E-state index in [0.29, 0.717) is 11.3 Å². The number of H-pyrrole nitrogens is 1. The quantitative estimate of drug-likeness (QED) is 0.725. The van der Waals surface area contributed by atoms with E-state index >= 15 is 0 Å². The van der Waals surface area contributed by atoms with Gasteiger partial charge >= 0.3 is 0 Å². The molecule has 1 saturated heterocycles. The average molecular weight is 249 g/mol. The monoisotopic (exact) mass is 249 g/mol. The minimum atomic E-state index is -0.225. The summed E-state index contributed by atoms with van der Waals surface area (Å²) in [5.41, 5.74) is 6.72. The molecule has 0 spiro atoms. The molecule has 0 saturated carbocycles. The van der Waals surface area contributed by atoms with E-state index in [0.717, 1.165) is 18.2 Å². The third-order valence-corrected chi connectivity index (χ3v) is 3.35. The molecule has 2 atom stereocenters. The van der Waals surface area contributed by atoms with Crippen LogP contribution in [0.1, 0.15) is 19.1 Å². The van der Waals surface area contributed by atoms with Crippen molar-refractivity contribution in [2.75, 3.05) is 12.3 Å². The Labute approximate surface area is 103 Å². The number of hydrogen-bond acceptors (Lipinski definition) is 4. The molecule has 18 heavy (non-hydrogen) atoms. The van der Waals surface area contributed by atoms with E-state index in [-0.39, 0.29) is 24.5 Å². The number of aromatic nitrogens is 2. The van der Waals surface area contributed by atoms with Crippen LogP contribution in [0, 0.1) is 0 Å². The highest BCUT2D eigenvalue weighted by Crippen LogP contribution is 2.31. The van der Waals surface area contributed by atoms with E-state index in [1.807, 2.05) is 16.8 Å². The molecule has 0 unspecified atom stereocenters. The molecule has 2 aromatic rings. The van der Waals surface area contributed by atoms with Crippen molar-refractivity contribution in [2.45, 2.75) is 25.2 Å². The van der Waals surface area contributed by atoms with Gasteiger partial charge in [-0.15, -0.1) is 0 Å². The number of ether oxygens (including phenoxy) is 1. The predicted molar refractivity (Wildman–Crippen MR) is 67.2 cm³/mol. The number of nitrogens with one attached hydrogen (secondary N) is 1. The van der Waals surface area contributed by atoms with E-state index in [2.05, 4.69) is 4.98 Å². The molecular weight excluding hydrogens is 234 g/mol. The van der Waals surface area contributed by atoms with Gasteiger partial charge in [0.25, 0.3) is 5.56 Å². The van der Waals surface area contributed by atoms with Crippen LogP contribution in [0.15, 0.2) is 23.1 Å². The number of nitrogens with zero attached hydrogens (tertiary/aromatic N) is 1. The zero-order chi connectivity index (χ0) is 12.7. The molecule has 0 aromatic carbocycles. The number of hydrogen-bond donors (Lipinski definition) is 3. The van der Waals surface area contributed by atoms with Crippen molar-refractivity contribution < 1.29 is 9.84 Å². The minimum absolute atomic E-state index is 0.0222. The van der Waals surface area contributed by atoms with E-state index in [1.165, 1.54) is 6.07 Å². The van der Waals surface area contributed by atoms with Crippen molar-refractivity contribution in [3.63, 3.8) is 0 Å². The van der Waals surface area contributed by atoms with E-state index in [1.54, 1.807) is 0 Å². The van der Waals surface area contributed by atoms with Gasteiger partial charge in [0.05, 0.1) is 12.7 Å². The van der Waals surface area contributed by atoms with Crippen LogP contribution in [0.5, 0.6) is 0 Å². The molecule has 6 nitrogen and oxygen atoms in total. The van der Waals surface area contributed by atoms with Crippen LogP contribution in [0.2, 0.25) is 0 Å². The highest BCUT2D eigenvalue weighted by atomic mass is 16.5. The normalized spacial score (nSPS) is 23.8. The smallest absolute Gasteiger partial charge is 0.251 e. The second-order valence-electron chi connectivity index (χ2n) is 4.55. The summed E-state index contributed by atoms with van der Waals surface area (Å²) in [7, 11) is 0. The Morgan fingerprint density at radius 3 is 3.11 bits per heavy atom. The largest absolute Gasteiger partial charge is 0.398 e. The van der Waals surface area contributed by atoms with Gasteiger partial charge in [-0.2, -0.15) is 0 Å². The lowest BCUT2D eigenvalue weighted by Gasteiger charge is -2.15. The molecule has 2 aromatic heterocycles. The van der Waals surface area contributed by atoms with Gasteiger partial charge in [0.1, 0.15) is 11.9 Å². The first-order valence-electron chi connectivity index (χ1n) is 5.94. The van der Waals surface area contributed by atoms with E-state index in [4.69, 9.17) is 15.6 Å². The molecule has 0 aliphatic carbocycles. The second kappa shape index (κ2) is 4.15. The molecule has 1 aliphatic rings. The highest BCUT2D eigenvalue weighted by molar-refractivity contribution is 5.88. The molecule has 1 fully saturated rings. The van der Waals surface area contributed by atoms with Gasteiger partial charge in [0, 0.05) is 23.3 Å². The van der Waals surface area contributed by atoms with Gasteiger partial charge in [-0.25, -0.2) is 0 Å². The number of fused-ring (bicyclic) bond motifs is 1. The molecule has 1 aliphatic heterocycles. The number of anilines is 1. The van der Waals surface area contributed by atoms with Crippen LogP contribution in [0.25, 0.3) is 11.0 Å². The van der Waals surface area contributed by atoms with Crippen LogP contribution in [0.4, 0.5) is 5.69 Å². The summed E-state index contributed by atoms with van der Waals surface area (Å²) in [6.45, 7) is 0.0222.